The summed E-state index contributed by atoms with van der Waals surface area (Å²) in [6.45, 7) is 7.31. The molecule has 6 heteroatoms. The van der Waals surface area contributed by atoms with Gasteiger partial charge in [-0.3, -0.25) is 9.78 Å². The zero-order valence-electron chi connectivity index (χ0n) is 12.9. The Balaban J connectivity index is 1.68. The second kappa shape index (κ2) is 5.39. The third-order valence-corrected chi connectivity index (χ3v) is 3.80. The largest absolute Gasteiger partial charge is 0.354 e. The number of carbonyl (C=O) groups is 1. The lowest BCUT2D eigenvalue weighted by atomic mass is 9.97. The molecule has 5 nitrogen and oxygen atoms in total. The third kappa shape index (κ3) is 3.14. The molecular weight excluding hydrogens is 300 g/mol. The number of carbonyl (C=O) groups excluding carboxylic acids is 1. The van der Waals surface area contributed by atoms with Gasteiger partial charge in [0.05, 0.1) is 23.1 Å². The van der Waals surface area contributed by atoms with Gasteiger partial charge in [-0.05, 0) is 39.0 Å². The van der Waals surface area contributed by atoms with Gasteiger partial charge < -0.3 is 10.2 Å². The van der Waals surface area contributed by atoms with Crippen LogP contribution < -0.4 is 10.2 Å². The fourth-order valence-corrected chi connectivity index (χ4v) is 2.60. The van der Waals surface area contributed by atoms with Crippen molar-refractivity contribution in [1.29, 1.82) is 0 Å². The van der Waals surface area contributed by atoms with Crippen molar-refractivity contribution in [1.82, 2.24) is 15.3 Å². The second-order valence-corrected chi connectivity index (χ2v) is 7.14. The number of amides is 1. The summed E-state index contributed by atoms with van der Waals surface area (Å²) in [5.41, 5.74) is 1.39. The molecule has 1 aliphatic heterocycles. The Morgan fingerprint density at radius 1 is 1.32 bits per heavy atom. The van der Waals surface area contributed by atoms with Gasteiger partial charge in [-0.2, -0.15) is 0 Å². The first-order valence-corrected chi connectivity index (χ1v) is 7.69. The van der Waals surface area contributed by atoms with Crippen molar-refractivity contribution in [2.24, 2.45) is 5.92 Å². The molecule has 0 bridgehead atoms. The first kappa shape index (κ1) is 15.0. The normalized spacial score (nSPS) is 15.7. The molecule has 1 fully saturated rings. The van der Waals surface area contributed by atoms with Gasteiger partial charge >= 0.3 is 0 Å². The molecule has 1 amide bonds. The summed E-state index contributed by atoms with van der Waals surface area (Å²) in [5.74, 6) is 0.917. The summed E-state index contributed by atoms with van der Waals surface area (Å²) in [6, 6.07) is 5.46. The first-order valence-electron chi connectivity index (χ1n) is 7.31. The molecule has 1 aromatic carbocycles. The topological polar surface area (TPSA) is 58.1 Å². The van der Waals surface area contributed by atoms with Crippen molar-refractivity contribution in [2.75, 3.05) is 18.0 Å². The monoisotopic (exact) mass is 318 g/mol. The van der Waals surface area contributed by atoms with Crippen molar-refractivity contribution in [3.63, 3.8) is 0 Å². The van der Waals surface area contributed by atoms with E-state index in [0.717, 1.165) is 16.9 Å². The van der Waals surface area contributed by atoms with Crippen LogP contribution in [-0.2, 0) is 4.79 Å². The van der Waals surface area contributed by atoms with Gasteiger partial charge in [-0.15, -0.1) is 0 Å². The number of hydrogen-bond donors (Lipinski definition) is 1. The highest BCUT2D eigenvalue weighted by Gasteiger charge is 2.35. The predicted molar refractivity (Wildman–Crippen MR) is 88.1 cm³/mol. The minimum Gasteiger partial charge on any atom is -0.354 e. The smallest absolute Gasteiger partial charge is 0.227 e. The number of fused-ring (bicyclic) bond motifs is 1. The van der Waals surface area contributed by atoms with Crippen LogP contribution in [0.2, 0.25) is 5.02 Å². The molecule has 0 spiro atoms. The zero-order chi connectivity index (χ0) is 15.9. The van der Waals surface area contributed by atoms with Gasteiger partial charge in [0.1, 0.15) is 5.82 Å². The van der Waals surface area contributed by atoms with Crippen LogP contribution in [0.15, 0.2) is 24.4 Å². The fourth-order valence-electron chi connectivity index (χ4n) is 2.43. The molecule has 0 radical (unpaired) electrons. The van der Waals surface area contributed by atoms with E-state index in [0.29, 0.717) is 18.1 Å². The molecule has 0 aliphatic carbocycles. The molecule has 2 aromatic rings. The van der Waals surface area contributed by atoms with E-state index in [2.05, 4.69) is 20.2 Å². The number of rotatable bonds is 2. The maximum Gasteiger partial charge on any atom is 0.227 e. The molecule has 1 aliphatic rings. The number of aromatic nitrogens is 2. The number of halogens is 1. The van der Waals surface area contributed by atoms with E-state index in [1.54, 1.807) is 18.3 Å². The lowest BCUT2D eigenvalue weighted by Crippen LogP contribution is -2.56. The van der Waals surface area contributed by atoms with Crippen molar-refractivity contribution in [3.05, 3.63) is 29.4 Å². The van der Waals surface area contributed by atoms with Crippen LogP contribution in [0.1, 0.15) is 20.8 Å². The van der Waals surface area contributed by atoms with Crippen molar-refractivity contribution in [3.8, 4) is 0 Å². The minimum atomic E-state index is -0.195. The molecule has 1 N–H and O–H groups in total. The van der Waals surface area contributed by atoms with Gasteiger partial charge in [0, 0.05) is 23.7 Å². The number of hydrogen-bond acceptors (Lipinski definition) is 4. The number of nitrogens with zero attached hydrogens (tertiary/aromatic N) is 3. The van der Waals surface area contributed by atoms with Crippen LogP contribution in [0, 0.1) is 5.92 Å². The Morgan fingerprint density at radius 3 is 2.73 bits per heavy atom. The molecule has 22 heavy (non-hydrogen) atoms. The maximum atomic E-state index is 12.1. The van der Waals surface area contributed by atoms with Crippen molar-refractivity contribution < 1.29 is 4.79 Å². The fraction of sp³-hybridized carbons (Fsp3) is 0.438. The second-order valence-electron chi connectivity index (χ2n) is 6.70. The Labute approximate surface area is 134 Å². The summed E-state index contributed by atoms with van der Waals surface area (Å²) in [5, 5.41) is 3.66. The molecule has 0 atom stereocenters. The van der Waals surface area contributed by atoms with Crippen LogP contribution in [0.5, 0.6) is 0 Å². The van der Waals surface area contributed by atoms with Crippen molar-refractivity contribution >= 4 is 34.4 Å². The SMILES string of the molecule is CC(C)(C)NC(=O)C1CN(c2cnc3cc(Cl)ccc3n2)C1. The zero-order valence-corrected chi connectivity index (χ0v) is 13.7. The number of nitrogens with one attached hydrogen (secondary N) is 1. The molecule has 1 aromatic heterocycles. The van der Waals surface area contributed by atoms with E-state index in [1.165, 1.54) is 0 Å². The molecular formula is C16H19ClN4O. The third-order valence-electron chi connectivity index (χ3n) is 3.57. The average molecular weight is 319 g/mol. The molecule has 3 rings (SSSR count). The average Bonchev–Trinajstić information content (AvgIpc) is 2.35. The van der Waals surface area contributed by atoms with E-state index in [4.69, 9.17) is 11.6 Å². The Morgan fingerprint density at radius 2 is 2.05 bits per heavy atom. The summed E-state index contributed by atoms with van der Waals surface area (Å²) >= 11 is 5.94. The molecule has 1 saturated heterocycles. The number of benzene rings is 1. The number of anilines is 1. The molecule has 0 saturated carbocycles. The van der Waals surface area contributed by atoms with E-state index in [-0.39, 0.29) is 17.4 Å². The van der Waals surface area contributed by atoms with E-state index in [1.807, 2.05) is 26.8 Å². The van der Waals surface area contributed by atoms with Gasteiger partial charge in [0.25, 0.3) is 0 Å². The molecule has 116 valence electrons. The highest BCUT2D eigenvalue weighted by Crippen LogP contribution is 2.25. The predicted octanol–water partition coefficient (Wildman–Crippen LogP) is 2.63. The van der Waals surface area contributed by atoms with Crippen LogP contribution in [0.4, 0.5) is 5.82 Å². The lowest BCUT2D eigenvalue weighted by Gasteiger charge is -2.40. The van der Waals surface area contributed by atoms with Crippen LogP contribution >= 0.6 is 11.6 Å². The Bertz CT molecular complexity index is 720. The van der Waals surface area contributed by atoms with E-state index in [9.17, 15) is 4.79 Å². The van der Waals surface area contributed by atoms with Crippen molar-refractivity contribution in [2.45, 2.75) is 26.3 Å². The maximum absolute atomic E-state index is 12.1. The lowest BCUT2D eigenvalue weighted by molar-refractivity contribution is -0.127. The minimum absolute atomic E-state index is 0.0157. The summed E-state index contributed by atoms with van der Waals surface area (Å²) in [4.78, 5) is 23.1. The standard InChI is InChI=1S/C16H19ClN4O/c1-16(2,3)20-15(22)10-8-21(9-10)14-7-18-13-6-11(17)4-5-12(13)19-14/h4-7,10H,8-9H2,1-3H3,(H,20,22). The summed E-state index contributed by atoms with van der Waals surface area (Å²) in [6.07, 6.45) is 1.73. The summed E-state index contributed by atoms with van der Waals surface area (Å²) < 4.78 is 0. The van der Waals surface area contributed by atoms with Gasteiger partial charge in [-0.1, -0.05) is 11.6 Å². The molecule has 2 heterocycles. The summed E-state index contributed by atoms with van der Waals surface area (Å²) in [7, 11) is 0. The first-order chi connectivity index (χ1) is 10.3. The highest BCUT2D eigenvalue weighted by atomic mass is 35.5. The molecule has 0 unspecified atom stereocenters. The van der Waals surface area contributed by atoms with E-state index >= 15 is 0 Å². The Kier molecular flexibility index (Phi) is 3.68. The van der Waals surface area contributed by atoms with Crippen LogP contribution in [0.3, 0.4) is 0 Å². The van der Waals surface area contributed by atoms with Gasteiger partial charge in [0.2, 0.25) is 5.91 Å². The van der Waals surface area contributed by atoms with Crippen LogP contribution in [-0.4, -0.2) is 34.5 Å². The van der Waals surface area contributed by atoms with E-state index < -0.39 is 0 Å². The van der Waals surface area contributed by atoms with Gasteiger partial charge in [-0.25, -0.2) is 4.98 Å². The highest BCUT2D eigenvalue weighted by molar-refractivity contribution is 6.31. The van der Waals surface area contributed by atoms with Gasteiger partial charge in [0.15, 0.2) is 0 Å². The Hall–Kier alpha value is -1.88. The quantitative estimate of drug-likeness (QED) is 0.925. The van der Waals surface area contributed by atoms with Crippen LogP contribution in [0.25, 0.3) is 11.0 Å².